The van der Waals surface area contributed by atoms with E-state index in [2.05, 4.69) is 4.98 Å². The van der Waals surface area contributed by atoms with E-state index < -0.39 is 0 Å². The number of rotatable bonds is 5. The Hall–Kier alpha value is -3.63. The summed E-state index contributed by atoms with van der Waals surface area (Å²) < 4.78 is 0. The van der Waals surface area contributed by atoms with Crippen molar-refractivity contribution >= 4 is 23.2 Å². The van der Waals surface area contributed by atoms with Gasteiger partial charge in [0.25, 0.3) is 5.91 Å². The minimum Gasteiger partial charge on any atom is -0.358 e. The number of aromatic amines is 1. The van der Waals surface area contributed by atoms with Crippen molar-refractivity contribution in [2.75, 3.05) is 4.90 Å². The van der Waals surface area contributed by atoms with Crippen molar-refractivity contribution in [2.24, 2.45) is 0 Å². The maximum absolute atomic E-state index is 14.1. The molecule has 4 rings (SSSR count). The average molecular weight is 457 g/mol. The molecule has 0 aliphatic carbocycles. The summed E-state index contributed by atoms with van der Waals surface area (Å²) >= 11 is 6.47. The molecule has 0 aliphatic heterocycles. The third kappa shape index (κ3) is 4.62. The minimum atomic E-state index is -0.372. The molecule has 166 valence electrons. The van der Waals surface area contributed by atoms with Crippen LogP contribution in [0.4, 0.5) is 5.69 Å². The highest BCUT2D eigenvalue weighted by Crippen LogP contribution is 2.31. The van der Waals surface area contributed by atoms with Gasteiger partial charge < -0.3 is 9.88 Å². The largest absolute Gasteiger partial charge is 0.358 e. The summed E-state index contributed by atoms with van der Waals surface area (Å²) in [6, 6.07) is 24.3. The lowest BCUT2D eigenvalue weighted by atomic mass is 10.0. The maximum atomic E-state index is 14.1. The molecule has 0 unspecified atom stereocenters. The fourth-order valence-electron chi connectivity index (χ4n) is 3.96. The van der Waals surface area contributed by atoms with Crippen LogP contribution >= 0.6 is 11.6 Å². The number of aromatic nitrogens is 1. The lowest BCUT2D eigenvalue weighted by Gasteiger charge is -2.26. The highest BCUT2D eigenvalue weighted by molar-refractivity contribution is 6.33. The fourth-order valence-corrected chi connectivity index (χ4v) is 4.19. The van der Waals surface area contributed by atoms with Gasteiger partial charge in [0, 0.05) is 28.0 Å². The number of H-pyrrole nitrogens is 1. The summed E-state index contributed by atoms with van der Waals surface area (Å²) in [7, 11) is 0. The van der Waals surface area contributed by atoms with Crippen LogP contribution in [0.15, 0.2) is 83.7 Å². The van der Waals surface area contributed by atoms with Gasteiger partial charge in [0.05, 0.1) is 12.2 Å². The molecule has 0 aliphatic rings. The number of amides is 1. The molecule has 1 heterocycles. The second-order valence-corrected chi connectivity index (χ2v) is 8.55. The third-order valence-corrected chi connectivity index (χ3v) is 6.15. The summed E-state index contributed by atoms with van der Waals surface area (Å²) in [5.74, 6) is -0.372. The molecule has 4 nitrogen and oxygen atoms in total. The van der Waals surface area contributed by atoms with Gasteiger partial charge in [-0.3, -0.25) is 9.59 Å². The zero-order valence-corrected chi connectivity index (χ0v) is 19.6. The number of hydrogen-bond donors (Lipinski definition) is 1. The smallest absolute Gasteiger partial charge is 0.264 e. The lowest BCUT2D eigenvalue weighted by molar-refractivity contribution is 0.0984. The molecule has 0 spiro atoms. The molecule has 1 aromatic heterocycles. The fraction of sp³-hybridized carbons (Fsp3) is 0.143. The highest BCUT2D eigenvalue weighted by atomic mass is 35.5. The van der Waals surface area contributed by atoms with Crippen molar-refractivity contribution in [3.63, 3.8) is 0 Å². The van der Waals surface area contributed by atoms with Crippen LogP contribution in [-0.4, -0.2) is 10.9 Å². The number of nitrogens with one attached hydrogen (secondary N) is 1. The van der Waals surface area contributed by atoms with E-state index in [9.17, 15) is 9.59 Å². The molecule has 0 atom stereocenters. The van der Waals surface area contributed by atoms with E-state index in [4.69, 9.17) is 11.6 Å². The van der Waals surface area contributed by atoms with Gasteiger partial charge in [-0.2, -0.15) is 0 Å². The Labute approximate surface area is 198 Å². The number of pyridine rings is 1. The predicted octanol–water partition coefficient (Wildman–Crippen LogP) is 6.47. The average Bonchev–Trinajstić information content (AvgIpc) is 2.80. The molecule has 5 heteroatoms. The first-order chi connectivity index (χ1) is 15.9. The van der Waals surface area contributed by atoms with Gasteiger partial charge in [-0.25, -0.2) is 0 Å². The number of benzene rings is 3. The number of nitrogens with zero attached hydrogens (tertiary/aromatic N) is 1. The van der Waals surface area contributed by atoms with Crippen LogP contribution in [0.5, 0.6) is 0 Å². The van der Waals surface area contributed by atoms with E-state index in [1.54, 1.807) is 17.9 Å². The molecule has 0 bridgehead atoms. The van der Waals surface area contributed by atoms with Gasteiger partial charge in [0.15, 0.2) is 5.43 Å². The van der Waals surface area contributed by atoms with Gasteiger partial charge in [-0.15, -0.1) is 0 Å². The van der Waals surface area contributed by atoms with Crippen LogP contribution in [0.3, 0.4) is 0 Å². The highest BCUT2D eigenvalue weighted by Gasteiger charge is 2.27. The lowest BCUT2D eigenvalue weighted by Crippen LogP contribution is -2.35. The van der Waals surface area contributed by atoms with E-state index in [-0.39, 0.29) is 16.9 Å². The van der Waals surface area contributed by atoms with Crippen LogP contribution in [0.2, 0.25) is 5.02 Å². The Balaban J connectivity index is 1.93. The Bertz CT molecular complexity index is 1380. The second kappa shape index (κ2) is 9.47. The van der Waals surface area contributed by atoms with Crippen molar-refractivity contribution in [2.45, 2.75) is 27.3 Å². The Morgan fingerprint density at radius 1 is 0.909 bits per heavy atom. The second-order valence-electron chi connectivity index (χ2n) is 8.14. The molecular weight excluding hydrogens is 432 g/mol. The normalized spacial score (nSPS) is 10.8. The summed E-state index contributed by atoms with van der Waals surface area (Å²) in [6.07, 6.45) is 0. The standard InChI is InChI=1S/C28H25ClN2O2/c1-18-10-9-15-24(20(18)3)31(17-21-11-5-4-6-12-21)28(33)26-25(32)16-19(2)30-27(26)22-13-7-8-14-23(22)29/h4-16H,17H2,1-3H3,(H,30,32). The van der Waals surface area contributed by atoms with E-state index in [0.717, 1.165) is 22.4 Å². The van der Waals surface area contributed by atoms with Crippen molar-refractivity contribution in [3.05, 3.63) is 122 Å². The Morgan fingerprint density at radius 3 is 2.33 bits per heavy atom. The summed E-state index contributed by atoms with van der Waals surface area (Å²) in [5.41, 5.74) is 5.24. The summed E-state index contributed by atoms with van der Waals surface area (Å²) in [6.45, 7) is 6.13. The number of aryl methyl sites for hydroxylation is 2. The molecular formula is C28H25ClN2O2. The SMILES string of the molecule is Cc1cc(=O)c(C(=O)N(Cc2ccccc2)c2cccc(C)c2C)c(-c2ccccc2Cl)[nH]1. The van der Waals surface area contributed by atoms with Crippen LogP contribution < -0.4 is 10.3 Å². The number of hydrogen-bond acceptors (Lipinski definition) is 2. The van der Waals surface area contributed by atoms with Crippen molar-refractivity contribution in [1.82, 2.24) is 4.98 Å². The molecule has 0 fully saturated rings. The van der Waals surface area contributed by atoms with Crippen molar-refractivity contribution in [3.8, 4) is 11.3 Å². The topological polar surface area (TPSA) is 53.2 Å². The number of carbonyl (C=O) groups excluding carboxylic acids is 1. The van der Waals surface area contributed by atoms with Gasteiger partial charge in [0.1, 0.15) is 5.56 Å². The van der Waals surface area contributed by atoms with Gasteiger partial charge in [-0.05, 0) is 49.6 Å². The van der Waals surface area contributed by atoms with E-state index in [1.807, 2.05) is 80.6 Å². The molecule has 3 aromatic carbocycles. The number of carbonyl (C=O) groups is 1. The first kappa shape index (κ1) is 22.6. The quantitative estimate of drug-likeness (QED) is 0.374. The van der Waals surface area contributed by atoms with Crippen LogP contribution in [0, 0.1) is 20.8 Å². The molecule has 1 amide bonds. The van der Waals surface area contributed by atoms with Gasteiger partial charge in [-0.1, -0.05) is 72.3 Å². The van der Waals surface area contributed by atoms with Crippen LogP contribution in [0.25, 0.3) is 11.3 Å². The van der Waals surface area contributed by atoms with Gasteiger partial charge >= 0.3 is 0 Å². The van der Waals surface area contributed by atoms with Crippen LogP contribution in [-0.2, 0) is 6.54 Å². The number of anilines is 1. The maximum Gasteiger partial charge on any atom is 0.264 e. The summed E-state index contributed by atoms with van der Waals surface area (Å²) in [5, 5.41) is 0.467. The van der Waals surface area contributed by atoms with Gasteiger partial charge in [0.2, 0.25) is 0 Å². The Kier molecular flexibility index (Phi) is 6.47. The first-order valence-electron chi connectivity index (χ1n) is 10.8. The van der Waals surface area contributed by atoms with Crippen molar-refractivity contribution in [1.29, 1.82) is 0 Å². The zero-order chi connectivity index (χ0) is 23.5. The summed E-state index contributed by atoms with van der Waals surface area (Å²) in [4.78, 5) is 32.2. The number of halogens is 1. The van der Waals surface area contributed by atoms with E-state index in [0.29, 0.717) is 28.5 Å². The van der Waals surface area contributed by atoms with Crippen LogP contribution in [0.1, 0.15) is 32.7 Å². The molecule has 1 N–H and O–H groups in total. The molecule has 33 heavy (non-hydrogen) atoms. The third-order valence-electron chi connectivity index (χ3n) is 5.82. The molecule has 0 saturated heterocycles. The molecule has 0 radical (unpaired) electrons. The monoisotopic (exact) mass is 456 g/mol. The minimum absolute atomic E-state index is 0.0746. The van der Waals surface area contributed by atoms with E-state index in [1.165, 1.54) is 6.07 Å². The zero-order valence-electron chi connectivity index (χ0n) is 18.9. The van der Waals surface area contributed by atoms with Crippen molar-refractivity contribution < 1.29 is 4.79 Å². The first-order valence-corrected chi connectivity index (χ1v) is 11.2. The Morgan fingerprint density at radius 2 is 1.61 bits per heavy atom. The molecule has 0 saturated carbocycles. The van der Waals surface area contributed by atoms with E-state index >= 15 is 0 Å². The predicted molar refractivity (Wildman–Crippen MR) is 135 cm³/mol. The molecule has 4 aromatic rings.